The van der Waals surface area contributed by atoms with Crippen LogP contribution in [0.3, 0.4) is 0 Å². The molecule has 0 saturated carbocycles. The first kappa shape index (κ1) is 15.6. The fourth-order valence-electron chi connectivity index (χ4n) is 2.44. The second-order valence-electron chi connectivity index (χ2n) is 5.45. The molecule has 0 aliphatic heterocycles. The number of nitrogens with one attached hydrogen (secondary N) is 1. The van der Waals surface area contributed by atoms with Crippen molar-refractivity contribution in [2.45, 2.75) is 0 Å². The number of benzene rings is 3. The highest BCUT2D eigenvalue weighted by molar-refractivity contribution is 6.06. The van der Waals surface area contributed by atoms with Crippen LogP contribution in [0.1, 0.15) is 15.9 Å². The Morgan fingerprint density at radius 1 is 0.917 bits per heavy atom. The van der Waals surface area contributed by atoms with Crippen molar-refractivity contribution in [3.63, 3.8) is 0 Å². The molecule has 0 unspecified atom stereocenters. The molecule has 0 saturated heterocycles. The maximum atomic E-state index is 12.3. The Labute approximate surface area is 141 Å². The third kappa shape index (κ3) is 3.36. The molecule has 3 rings (SSSR count). The maximum absolute atomic E-state index is 12.3. The summed E-state index contributed by atoms with van der Waals surface area (Å²) in [7, 11) is 0. The van der Waals surface area contributed by atoms with Crippen LogP contribution in [-0.4, -0.2) is 5.91 Å². The third-order valence-electron chi connectivity index (χ3n) is 3.82. The van der Waals surface area contributed by atoms with Crippen molar-refractivity contribution < 1.29 is 4.79 Å². The zero-order valence-electron chi connectivity index (χ0n) is 13.2. The predicted molar refractivity (Wildman–Crippen MR) is 101 cm³/mol. The molecule has 3 heteroatoms. The zero-order valence-corrected chi connectivity index (χ0v) is 13.2. The van der Waals surface area contributed by atoms with Gasteiger partial charge < -0.3 is 11.1 Å². The monoisotopic (exact) mass is 314 g/mol. The summed E-state index contributed by atoms with van der Waals surface area (Å²) in [4.78, 5) is 12.3. The van der Waals surface area contributed by atoms with Crippen LogP contribution in [0.2, 0.25) is 0 Å². The molecule has 0 spiro atoms. The molecule has 3 nitrogen and oxygen atoms in total. The molecule has 0 fully saturated rings. The first-order valence-electron chi connectivity index (χ1n) is 7.66. The van der Waals surface area contributed by atoms with Gasteiger partial charge in [-0.25, -0.2) is 0 Å². The quantitative estimate of drug-likeness (QED) is 0.678. The minimum absolute atomic E-state index is 0.179. The van der Waals surface area contributed by atoms with E-state index in [0.717, 1.165) is 16.7 Å². The van der Waals surface area contributed by atoms with Gasteiger partial charge >= 0.3 is 0 Å². The first-order valence-corrected chi connectivity index (χ1v) is 7.66. The van der Waals surface area contributed by atoms with Crippen molar-refractivity contribution in [1.82, 2.24) is 0 Å². The van der Waals surface area contributed by atoms with Crippen molar-refractivity contribution in [2.75, 3.05) is 11.1 Å². The molecule has 3 N–H and O–H groups in total. The molecule has 0 aromatic heterocycles. The lowest BCUT2D eigenvalue weighted by Gasteiger charge is -2.11. The van der Waals surface area contributed by atoms with Gasteiger partial charge in [-0.05, 0) is 41.0 Å². The lowest BCUT2D eigenvalue weighted by molar-refractivity contribution is 0.102. The van der Waals surface area contributed by atoms with Crippen LogP contribution in [0.4, 0.5) is 11.4 Å². The van der Waals surface area contributed by atoms with Crippen molar-refractivity contribution in [3.05, 3.63) is 90.5 Å². The highest BCUT2D eigenvalue weighted by Crippen LogP contribution is 2.28. The van der Waals surface area contributed by atoms with Gasteiger partial charge in [0.2, 0.25) is 0 Å². The van der Waals surface area contributed by atoms with E-state index in [0.29, 0.717) is 16.9 Å². The second kappa shape index (κ2) is 6.84. The molecule has 0 radical (unpaired) electrons. The molecule has 3 aromatic rings. The van der Waals surface area contributed by atoms with Crippen LogP contribution >= 0.6 is 0 Å². The Hall–Kier alpha value is -3.33. The van der Waals surface area contributed by atoms with Gasteiger partial charge in [0.1, 0.15) is 0 Å². The Morgan fingerprint density at radius 3 is 2.25 bits per heavy atom. The van der Waals surface area contributed by atoms with Gasteiger partial charge in [-0.3, -0.25) is 4.79 Å². The van der Waals surface area contributed by atoms with Crippen LogP contribution in [0.5, 0.6) is 0 Å². The Balaban J connectivity index is 1.88. The molecule has 0 bridgehead atoms. The number of nitrogens with two attached hydrogens (primary N) is 1. The number of hydrogen-bond acceptors (Lipinski definition) is 2. The summed E-state index contributed by atoms with van der Waals surface area (Å²) in [5, 5.41) is 2.88. The predicted octanol–water partition coefficient (Wildman–Crippen LogP) is 4.83. The van der Waals surface area contributed by atoms with Crippen LogP contribution in [-0.2, 0) is 0 Å². The molecule has 118 valence electrons. The van der Waals surface area contributed by atoms with Crippen LogP contribution < -0.4 is 11.1 Å². The third-order valence-corrected chi connectivity index (χ3v) is 3.82. The van der Waals surface area contributed by atoms with Crippen LogP contribution in [0.25, 0.3) is 17.2 Å². The van der Waals surface area contributed by atoms with E-state index >= 15 is 0 Å². The number of nitrogen functional groups attached to an aromatic ring is 1. The number of amides is 1. The van der Waals surface area contributed by atoms with Gasteiger partial charge in [-0.1, -0.05) is 61.2 Å². The molecule has 0 aliphatic rings. The average Bonchev–Trinajstić information content (AvgIpc) is 2.64. The van der Waals surface area contributed by atoms with E-state index in [9.17, 15) is 4.79 Å². The Kier molecular flexibility index (Phi) is 4.43. The largest absolute Gasteiger partial charge is 0.397 e. The fourth-order valence-corrected chi connectivity index (χ4v) is 2.44. The molecule has 3 aromatic carbocycles. The van der Waals surface area contributed by atoms with Gasteiger partial charge in [0.05, 0.1) is 11.4 Å². The minimum atomic E-state index is -0.179. The average molecular weight is 314 g/mol. The van der Waals surface area contributed by atoms with E-state index in [1.165, 1.54) is 0 Å². The van der Waals surface area contributed by atoms with Crippen molar-refractivity contribution in [2.24, 2.45) is 0 Å². The lowest BCUT2D eigenvalue weighted by Crippen LogP contribution is -2.13. The maximum Gasteiger partial charge on any atom is 0.255 e. The summed E-state index contributed by atoms with van der Waals surface area (Å²) in [6.07, 6.45) is 1.80. The number of carbonyl (C=O) groups is 1. The van der Waals surface area contributed by atoms with Crippen LogP contribution in [0, 0.1) is 0 Å². The van der Waals surface area contributed by atoms with E-state index in [1.54, 1.807) is 24.3 Å². The number of anilines is 2. The highest BCUT2D eigenvalue weighted by atomic mass is 16.1. The summed E-state index contributed by atoms with van der Waals surface area (Å²) >= 11 is 0. The second-order valence-corrected chi connectivity index (χ2v) is 5.45. The summed E-state index contributed by atoms with van der Waals surface area (Å²) in [6.45, 7) is 3.76. The van der Waals surface area contributed by atoms with Crippen LogP contribution in [0.15, 0.2) is 79.4 Å². The van der Waals surface area contributed by atoms with Crippen molar-refractivity contribution >= 4 is 23.4 Å². The van der Waals surface area contributed by atoms with E-state index in [2.05, 4.69) is 11.9 Å². The number of rotatable bonds is 4. The smallest absolute Gasteiger partial charge is 0.255 e. The van der Waals surface area contributed by atoms with Gasteiger partial charge in [-0.15, -0.1) is 0 Å². The normalized spacial score (nSPS) is 10.2. The number of hydrogen-bond donors (Lipinski definition) is 2. The molecular weight excluding hydrogens is 296 g/mol. The first-order chi connectivity index (χ1) is 11.7. The molecule has 0 aliphatic carbocycles. The minimum Gasteiger partial charge on any atom is -0.397 e. The highest BCUT2D eigenvalue weighted by Gasteiger charge is 2.09. The van der Waals surface area contributed by atoms with E-state index in [4.69, 9.17) is 5.73 Å². The summed E-state index contributed by atoms with van der Waals surface area (Å²) in [6, 6.07) is 22.7. The molecule has 0 heterocycles. The standard InChI is InChI=1S/C21H18N2O/c1-2-15-8-10-16(11-9-15)18-12-13-19(22)20(14-18)23-21(24)17-6-4-3-5-7-17/h2-14H,1,22H2,(H,23,24). The summed E-state index contributed by atoms with van der Waals surface area (Å²) in [5.74, 6) is -0.179. The molecular formula is C21H18N2O. The number of carbonyl (C=O) groups excluding carboxylic acids is 1. The summed E-state index contributed by atoms with van der Waals surface area (Å²) < 4.78 is 0. The molecule has 1 amide bonds. The van der Waals surface area contributed by atoms with E-state index in [1.807, 2.05) is 54.6 Å². The zero-order chi connectivity index (χ0) is 16.9. The van der Waals surface area contributed by atoms with Gasteiger partial charge in [0.15, 0.2) is 0 Å². The SMILES string of the molecule is C=Cc1ccc(-c2ccc(N)c(NC(=O)c3ccccc3)c2)cc1. The lowest BCUT2D eigenvalue weighted by atomic mass is 10.0. The Morgan fingerprint density at radius 2 is 1.58 bits per heavy atom. The van der Waals surface area contributed by atoms with Crippen molar-refractivity contribution in [1.29, 1.82) is 0 Å². The van der Waals surface area contributed by atoms with Gasteiger partial charge in [0, 0.05) is 5.56 Å². The van der Waals surface area contributed by atoms with Gasteiger partial charge in [-0.2, -0.15) is 0 Å². The molecule has 24 heavy (non-hydrogen) atoms. The Bertz CT molecular complexity index is 868. The summed E-state index contributed by atoms with van der Waals surface area (Å²) in [5.41, 5.74) is 10.8. The molecule has 0 atom stereocenters. The van der Waals surface area contributed by atoms with Crippen molar-refractivity contribution in [3.8, 4) is 11.1 Å². The fraction of sp³-hybridized carbons (Fsp3) is 0. The van der Waals surface area contributed by atoms with Gasteiger partial charge in [0.25, 0.3) is 5.91 Å². The van der Waals surface area contributed by atoms with E-state index < -0.39 is 0 Å². The van der Waals surface area contributed by atoms with E-state index in [-0.39, 0.29) is 5.91 Å². The topological polar surface area (TPSA) is 55.1 Å².